The van der Waals surface area contributed by atoms with Gasteiger partial charge in [-0.1, -0.05) is 46.4 Å². The topological polar surface area (TPSA) is 58.9 Å². The largest absolute Gasteiger partial charge is 0.237 e. The maximum atomic E-state index is 10.2. The lowest BCUT2D eigenvalue weighted by Crippen LogP contribution is -1.96. The number of hydrogen-bond acceptors (Lipinski definition) is 4. The van der Waals surface area contributed by atoms with E-state index in [1.807, 2.05) is 0 Å². The van der Waals surface area contributed by atoms with Crippen molar-refractivity contribution in [3.05, 3.63) is 31.7 Å². The van der Waals surface area contributed by atoms with Gasteiger partial charge in [0.25, 0.3) is 0 Å². The van der Waals surface area contributed by atoms with Crippen LogP contribution in [0.25, 0.3) is 0 Å². The van der Waals surface area contributed by atoms with E-state index in [1.54, 1.807) is 0 Å². The molecule has 0 saturated carbocycles. The zero-order valence-corrected chi connectivity index (χ0v) is 10.9. The fourth-order valence-electron chi connectivity index (χ4n) is 1.08. The maximum absolute atomic E-state index is 10.2. The molecule has 0 spiro atoms. The number of isocyanates is 2. The summed E-state index contributed by atoms with van der Waals surface area (Å²) in [5.74, 6) is 0. The molecule has 0 atom stereocenters. The first-order chi connectivity index (χ1) is 8.02. The third-order valence-corrected chi connectivity index (χ3v) is 3.36. The van der Waals surface area contributed by atoms with E-state index in [0.717, 1.165) is 0 Å². The predicted molar refractivity (Wildman–Crippen MR) is 65.5 cm³/mol. The van der Waals surface area contributed by atoms with Gasteiger partial charge in [0.1, 0.15) is 0 Å². The van der Waals surface area contributed by atoms with Gasteiger partial charge in [-0.3, -0.25) is 0 Å². The Hall–Kier alpha value is -0.860. The van der Waals surface area contributed by atoms with Crippen LogP contribution in [0, 0.1) is 0 Å². The second kappa shape index (κ2) is 6.18. The van der Waals surface area contributed by atoms with Gasteiger partial charge >= 0.3 is 0 Å². The zero-order valence-electron chi connectivity index (χ0n) is 7.88. The van der Waals surface area contributed by atoms with Gasteiger partial charge in [-0.05, 0) is 6.07 Å². The highest BCUT2D eigenvalue weighted by Gasteiger charge is 2.21. The molecular formula is C9H2Cl4N2O2. The highest BCUT2D eigenvalue weighted by atomic mass is 35.5. The van der Waals surface area contributed by atoms with Crippen molar-refractivity contribution in [1.82, 2.24) is 0 Å². The Labute approximate surface area is 116 Å². The van der Waals surface area contributed by atoms with Gasteiger partial charge in [-0.25, -0.2) is 9.59 Å². The van der Waals surface area contributed by atoms with Crippen molar-refractivity contribution >= 4 is 58.6 Å². The Morgan fingerprint density at radius 1 is 0.941 bits per heavy atom. The summed E-state index contributed by atoms with van der Waals surface area (Å²) < 4.78 is 0. The fraction of sp³-hybridized carbons (Fsp3) is 0.111. The second-order valence-corrected chi connectivity index (χ2v) is 4.27. The SMILES string of the molecule is O=C=NC(N=C=O)c1c(Cl)c(Cl)cc(Cl)c1Cl. The molecule has 0 aliphatic carbocycles. The van der Waals surface area contributed by atoms with E-state index in [1.165, 1.54) is 18.2 Å². The summed E-state index contributed by atoms with van der Waals surface area (Å²) in [6.07, 6.45) is 1.22. The van der Waals surface area contributed by atoms with Crippen molar-refractivity contribution in [2.75, 3.05) is 0 Å². The number of halogens is 4. The molecule has 0 aliphatic heterocycles. The van der Waals surface area contributed by atoms with E-state index in [9.17, 15) is 9.59 Å². The Bertz CT molecular complexity index is 504. The molecule has 88 valence electrons. The van der Waals surface area contributed by atoms with Gasteiger partial charge in [0.15, 0.2) is 6.17 Å². The minimum absolute atomic E-state index is 0.00377. The number of benzene rings is 1. The fourth-order valence-corrected chi connectivity index (χ4v) is 2.10. The van der Waals surface area contributed by atoms with E-state index in [0.29, 0.717) is 0 Å². The zero-order chi connectivity index (χ0) is 13.0. The standard InChI is InChI=1S/C9H2Cl4N2O2/c10-4-1-5(11)8(13)6(7(4)12)9(14-2-16)15-3-17/h1,9H. The Kier molecular flexibility index (Phi) is 5.16. The molecule has 0 saturated heterocycles. The molecule has 0 aliphatic rings. The number of nitrogens with zero attached hydrogens (tertiary/aromatic N) is 2. The van der Waals surface area contributed by atoms with Crippen LogP contribution >= 0.6 is 46.4 Å². The first-order valence-electron chi connectivity index (χ1n) is 3.99. The molecule has 0 amide bonds. The summed E-state index contributed by atoms with van der Waals surface area (Å²) in [6.45, 7) is 0. The Balaban J connectivity index is 3.56. The van der Waals surface area contributed by atoms with Gasteiger partial charge in [0.2, 0.25) is 12.2 Å². The molecule has 0 aromatic heterocycles. The van der Waals surface area contributed by atoms with E-state index >= 15 is 0 Å². The minimum Gasteiger partial charge on any atom is -0.211 e. The van der Waals surface area contributed by atoms with Crippen LogP contribution in [0.5, 0.6) is 0 Å². The molecule has 8 heteroatoms. The van der Waals surface area contributed by atoms with Crippen LogP contribution in [0.4, 0.5) is 0 Å². The average molecular weight is 312 g/mol. The Morgan fingerprint density at radius 2 is 1.35 bits per heavy atom. The molecule has 0 heterocycles. The van der Waals surface area contributed by atoms with Gasteiger partial charge < -0.3 is 0 Å². The van der Waals surface area contributed by atoms with E-state index in [4.69, 9.17) is 46.4 Å². The quantitative estimate of drug-likeness (QED) is 0.482. The second-order valence-electron chi connectivity index (χ2n) is 2.70. The van der Waals surface area contributed by atoms with Gasteiger partial charge in [0.05, 0.1) is 20.1 Å². The first-order valence-corrected chi connectivity index (χ1v) is 5.51. The molecule has 0 radical (unpaired) electrons. The van der Waals surface area contributed by atoms with Crippen molar-refractivity contribution in [1.29, 1.82) is 0 Å². The minimum atomic E-state index is -1.26. The molecule has 4 nitrogen and oxygen atoms in total. The van der Waals surface area contributed by atoms with Crippen molar-refractivity contribution in [2.24, 2.45) is 9.98 Å². The molecule has 0 unspecified atom stereocenters. The smallest absolute Gasteiger partial charge is 0.211 e. The summed E-state index contributed by atoms with van der Waals surface area (Å²) >= 11 is 23.3. The predicted octanol–water partition coefficient (Wildman–Crippen LogP) is 3.97. The van der Waals surface area contributed by atoms with Crippen LogP contribution in [-0.4, -0.2) is 12.2 Å². The molecule has 0 N–H and O–H groups in total. The lowest BCUT2D eigenvalue weighted by Gasteiger charge is -2.11. The third kappa shape index (κ3) is 3.08. The first kappa shape index (κ1) is 14.2. The van der Waals surface area contributed by atoms with E-state index in [-0.39, 0.29) is 25.7 Å². The van der Waals surface area contributed by atoms with E-state index in [2.05, 4.69) is 9.98 Å². The average Bonchev–Trinajstić information content (AvgIpc) is 2.27. The number of carbonyl (C=O) groups excluding carboxylic acids is 2. The molecule has 0 bridgehead atoms. The number of rotatable bonds is 3. The van der Waals surface area contributed by atoms with Crippen molar-refractivity contribution < 1.29 is 9.59 Å². The van der Waals surface area contributed by atoms with Crippen molar-refractivity contribution in [2.45, 2.75) is 6.17 Å². The molecule has 1 rings (SSSR count). The molecular weight excluding hydrogens is 310 g/mol. The van der Waals surface area contributed by atoms with Crippen LogP contribution in [0.15, 0.2) is 16.1 Å². The lowest BCUT2D eigenvalue weighted by atomic mass is 10.2. The number of hydrogen-bond donors (Lipinski definition) is 0. The van der Waals surface area contributed by atoms with Crippen LogP contribution in [-0.2, 0) is 9.59 Å². The summed E-state index contributed by atoms with van der Waals surface area (Å²) in [7, 11) is 0. The maximum Gasteiger partial charge on any atom is 0.237 e. The Morgan fingerprint density at radius 3 is 1.71 bits per heavy atom. The molecule has 1 aromatic carbocycles. The van der Waals surface area contributed by atoms with E-state index < -0.39 is 6.17 Å². The van der Waals surface area contributed by atoms with Crippen LogP contribution in [0.3, 0.4) is 0 Å². The number of aliphatic imine (C=N–C) groups is 2. The molecule has 1 aromatic rings. The summed E-state index contributed by atoms with van der Waals surface area (Å²) in [6, 6.07) is 1.32. The van der Waals surface area contributed by atoms with Crippen LogP contribution in [0.1, 0.15) is 11.7 Å². The normalized spacial score (nSPS) is 11.3. The lowest BCUT2D eigenvalue weighted by molar-refractivity contribution is 0.552. The van der Waals surface area contributed by atoms with Gasteiger partial charge in [-0.2, -0.15) is 9.98 Å². The highest BCUT2D eigenvalue weighted by Crippen LogP contribution is 2.41. The van der Waals surface area contributed by atoms with Gasteiger partial charge in [0, 0.05) is 5.56 Å². The van der Waals surface area contributed by atoms with Crippen LogP contribution < -0.4 is 0 Å². The summed E-state index contributed by atoms with van der Waals surface area (Å²) in [5, 5.41) is 0.208. The summed E-state index contributed by atoms with van der Waals surface area (Å²) in [5.41, 5.74) is 0.0533. The molecule has 0 fully saturated rings. The highest BCUT2D eigenvalue weighted by molar-refractivity contribution is 6.48. The van der Waals surface area contributed by atoms with Gasteiger partial charge in [-0.15, -0.1) is 0 Å². The van der Waals surface area contributed by atoms with Crippen molar-refractivity contribution in [3.63, 3.8) is 0 Å². The third-order valence-electron chi connectivity index (χ3n) is 1.75. The van der Waals surface area contributed by atoms with Crippen LogP contribution in [0.2, 0.25) is 20.1 Å². The summed E-state index contributed by atoms with van der Waals surface area (Å²) in [4.78, 5) is 27.0. The monoisotopic (exact) mass is 310 g/mol. The molecule has 17 heavy (non-hydrogen) atoms. The van der Waals surface area contributed by atoms with Crippen molar-refractivity contribution in [3.8, 4) is 0 Å².